The molecule has 160 valence electrons. The number of rotatable bonds is 3. The van der Waals surface area contributed by atoms with Crippen molar-refractivity contribution in [3.05, 3.63) is 89.0 Å². The number of hydrogen-bond donors (Lipinski definition) is 0. The summed E-state index contributed by atoms with van der Waals surface area (Å²) in [5, 5.41) is 0. The Kier molecular flexibility index (Phi) is 6.74. The van der Waals surface area contributed by atoms with Crippen LogP contribution in [0, 0.1) is 6.92 Å². The van der Waals surface area contributed by atoms with Gasteiger partial charge in [0.25, 0.3) is 6.47 Å². The number of benzene rings is 3. The van der Waals surface area contributed by atoms with Crippen LogP contribution in [0.15, 0.2) is 71.7 Å². The fraction of sp³-hybridized carbons (Fsp3) is 0.167. The Morgan fingerprint density at radius 3 is 2.32 bits per heavy atom. The van der Waals surface area contributed by atoms with Gasteiger partial charge in [0, 0.05) is 11.1 Å². The number of para-hydroxylation sites is 2. The summed E-state index contributed by atoms with van der Waals surface area (Å²) in [4.78, 5) is 13.9. The van der Waals surface area contributed by atoms with E-state index in [0.717, 1.165) is 23.3 Å². The highest BCUT2D eigenvalue weighted by molar-refractivity contribution is 6.16. The van der Waals surface area contributed by atoms with Crippen LogP contribution in [0.1, 0.15) is 29.2 Å². The topological polar surface area (TPSA) is 47.9 Å². The van der Waals surface area contributed by atoms with Crippen LogP contribution in [0.5, 0.6) is 11.5 Å². The van der Waals surface area contributed by atoms with Gasteiger partial charge in [-0.3, -0.25) is 4.79 Å². The van der Waals surface area contributed by atoms with E-state index in [1.807, 2.05) is 37.3 Å². The van der Waals surface area contributed by atoms with Gasteiger partial charge < -0.3 is 9.47 Å². The largest absolute Gasteiger partial charge is 0.468 e. The summed E-state index contributed by atoms with van der Waals surface area (Å²) in [6.07, 6.45) is -4.44. The average molecular weight is 427 g/mol. The summed E-state index contributed by atoms with van der Waals surface area (Å²) in [5.74, 6) is 0.569. The molecule has 3 aromatic carbocycles. The summed E-state index contributed by atoms with van der Waals surface area (Å²) in [6, 6.07) is 18.3. The number of nitrogens with zero attached hydrogens (tertiary/aromatic N) is 1. The van der Waals surface area contributed by atoms with Crippen molar-refractivity contribution < 1.29 is 27.4 Å². The number of carbonyl (C=O) groups excluding carboxylic acids is 1. The fourth-order valence-electron chi connectivity index (χ4n) is 2.91. The summed E-state index contributed by atoms with van der Waals surface area (Å²) < 4.78 is 49.4. The first-order valence-electron chi connectivity index (χ1n) is 9.53. The monoisotopic (exact) mass is 427 g/mol. The minimum Gasteiger partial charge on any atom is -0.468 e. The average Bonchev–Trinajstić information content (AvgIpc) is 2.91. The van der Waals surface area contributed by atoms with Crippen molar-refractivity contribution in [1.29, 1.82) is 0 Å². The van der Waals surface area contributed by atoms with Crippen molar-refractivity contribution in [2.45, 2.75) is 20.0 Å². The molecule has 0 fully saturated rings. The number of aliphatic imine (C=N–C) groups is 1. The van der Waals surface area contributed by atoms with E-state index in [0.29, 0.717) is 35.8 Å². The third kappa shape index (κ3) is 5.31. The summed E-state index contributed by atoms with van der Waals surface area (Å²) >= 11 is 0. The lowest BCUT2D eigenvalue weighted by Gasteiger charge is -2.13. The van der Waals surface area contributed by atoms with Crippen LogP contribution in [-0.4, -0.2) is 18.8 Å². The zero-order valence-corrected chi connectivity index (χ0v) is 16.9. The second kappa shape index (κ2) is 9.47. The van der Waals surface area contributed by atoms with Crippen LogP contribution in [-0.2, 0) is 15.7 Å². The zero-order valence-electron chi connectivity index (χ0n) is 16.9. The Bertz CT molecular complexity index is 1090. The van der Waals surface area contributed by atoms with Crippen molar-refractivity contribution in [2.24, 2.45) is 4.99 Å². The lowest BCUT2D eigenvalue weighted by molar-refractivity contribution is -0.137. The molecule has 0 N–H and O–H groups in total. The third-order valence-corrected chi connectivity index (χ3v) is 4.44. The second-order valence-electron chi connectivity index (χ2n) is 6.66. The van der Waals surface area contributed by atoms with Crippen molar-refractivity contribution in [3.63, 3.8) is 0 Å². The van der Waals surface area contributed by atoms with E-state index in [1.54, 1.807) is 25.1 Å². The first kappa shape index (κ1) is 22.1. The van der Waals surface area contributed by atoms with Gasteiger partial charge in [-0.25, -0.2) is 4.99 Å². The molecule has 1 aliphatic rings. The molecule has 0 atom stereocenters. The van der Waals surface area contributed by atoms with Gasteiger partial charge in [-0.2, -0.15) is 13.2 Å². The molecule has 4 nitrogen and oxygen atoms in total. The van der Waals surface area contributed by atoms with E-state index in [1.165, 1.54) is 6.07 Å². The first-order chi connectivity index (χ1) is 14.8. The summed E-state index contributed by atoms with van der Waals surface area (Å²) in [6.45, 7) is 4.64. The van der Waals surface area contributed by atoms with Gasteiger partial charge >= 0.3 is 6.18 Å². The first-order valence-corrected chi connectivity index (χ1v) is 9.53. The second-order valence-corrected chi connectivity index (χ2v) is 6.66. The van der Waals surface area contributed by atoms with Gasteiger partial charge in [-0.05, 0) is 44.2 Å². The molecule has 1 heterocycles. The normalized spacial score (nSPS) is 12.1. The molecular formula is C24H20F3NO3. The molecule has 0 saturated carbocycles. The highest BCUT2D eigenvalue weighted by Crippen LogP contribution is 2.41. The van der Waals surface area contributed by atoms with E-state index in [-0.39, 0.29) is 5.75 Å². The summed E-state index contributed by atoms with van der Waals surface area (Å²) in [7, 11) is 0. The van der Waals surface area contributed by atoms with Crippen LogP contribution in [0.4, 0.5) is 18.9 Å². The smallest absolute Gasteiger partial charge is 0.416 e. The number of aryl methyl sites for hydroxylation is 1. The van der Waals surface area contributed by atoms with Crippen LogP contribution in [0.3, 0.4) is 0 Å². The van der Waals surface area contributed by atoms with E-state index in [2.05, 4.69) is 9.73 Å². The number of halogens is 3. The van der Waals surface area contributed by atoms with E-state index < -0.39 is 11.7 Å². The molecule has 0 bridgehead atoms. The molecule has 3 aromatic rings. The third-order valence-electron chi connectivity index (χ3n) is 4.44. The molecule has 0 amide bonds. The van der Waals surface area contributed by atoms with Gasteiger partial charge in [0.15, 0.2) is 5.75 Å². The van der Waals surface area contributed by atoms with Crippen LogP contribution in [0.2, 0.25) is 0 Å². The predicted octanol–water partition coefficient (Wildman–Crippen LogP) is 6.47. The van der Waals surface area contributed by atoms with Gasteiger partial charge in [0.2, 0.25) is 0 Å². The molecule has 4 rings (SSSR count). The van der Waals surface area contributed by atoms with Crippen molar-refractivity contribution >= 4 is 17.9 Å². The summed E-state index contributed by atoms with van der Waals surface area (Å²) in [5.41, 5.74) is 2.84. The SMILES string of the molecule is CCOC=O.Cc1ccc(C2=Nc3ccccc3Oc3cc(C(F)(F)F)ccc32)cc1. The maximum atomic E-state index is 13.1. The fourth-order valence-corrected chi connectivity index (χ4v) is 2.91. The molecule has 31 heavy (non-hydrogen) atoms. The highest BCUT2D eigenvalue weighted by Gasteiger charge is 2.32. The maximum absolute atomic E-state index is 13.1. The van der Waals surface area contributed by atoms with Gasteiger partial charge in [-0.1, -0.05) is 42.0 Å². The van der Waals surface area contributed by atoms with Gasteiger partial charge in [0.05, 0.1) is 17.9 Å². The Labute approximate surface area is 178 Å². The zero-order chi connectivity index (χ0) is 22.4. The number of carbonyl (C=O) groups is 1. The number of hydrogen-bond acceptors (Lipinski definition) is 4. The Hall–Kier alpha value is -3.61. The predicted molar refractivity (Wildman–Crippen MR) is 112 cm³/mol. The van der Waals surface area contributed by atoms with E-state index >= 15 is 0 Å². The number of fused-ring (bicyclic) bond motifs is 2. The molecular weight excluding hydrogens is 407 g/mol. The van der Waals surface area contributed by atoms with E-state index in [9.17, 15) is 18.0 Å². The lowest BCUT2D eigenvalue weighted by Crippen LogP contribution is -2.08. The minimum absolute atomic E-state index is 0.143. The number of ether oxygens (including phenoxy) is 2. The maximum Gasteiger partial charge on any atom is 0.416 e. The van der Waals surface area contributed by atoms with Crippen molar-refractivity contribution in [3.8, 4) is 11.5 Å². The van der Waals surface area contributed by atoms with Gasteiger partial charge in [-0.15, -0.1) is 0 Å². The van der Waals surface area contributed by atoms with Crippen molar-refractivity contribution in [1.82, 2.24) is 0 Å². The molecule has 0 radical (unpaired) electrons. The Morgan fingerprint density at radius 2 is 1.71 bits per heavy atom. The van der Waals surface area contributed by atoms with Gasteiger partial charge in [0.1, 0.15) is 11.4 Å². The molecule has 1 aliphatic heterocycles. The molecule has 7 heteroatoms. The standard InChI is InChI=1S/C21H14F3NO.C3H6O2/c1-13-6-8-14(9-7-13)20-16-11-10-15(21(22,23)24)12-19(16)26-18-5-3-2-4-17(18)25-20;1-2-5-3-4/h2-12H,1H3;3H,2H2,1H3. The molecule has 0 unspecified atom stereocenters. The Morgan fingerprint density at radius 1 is 1.00 bits per heavy atom. The minimum atomic E-state index is -4.44. The van der Waals surface area contributed by atoms with Crippen molar-refractivity contribution in [2.75, 3.05) is 6.61 Å². The number of alkyl halides is 3. The van der Waals surface area contributed by atoms with Crippen LogP contribution < -0.4 is 4.74 Å². The Balaban J connectivity index is 0.000000491. The lowest BCUT2D eigenvalue weighted by atomic mass is 9.99. The van der Waals surface area contributed by atoms with E-state index in [4.69, 9.17) is 4.74 Å². The van der Waals surface area contributed by atoms with Crippen LogP contribution >= 0.6 is 0 Å². The molecule has 0 aliphatic carbocycles. The molecule has 0 aromatic heterocycles. The van der Waals surface area contributed by atoms with Crippen LogP contribution in [0.25, 0.3) is 0 Å². The highest BCUT2D eigenvalue weighted by atomic mass is 19.4. The molecule has 0 spiro atoms. The molecule has 0 saturated heterocycles. The quantitative estimate of drug-likeness (QED) is 0.352.